The van der Waals surface area contributed by atoms with E-state index in [1.54, 1.807) is 13.0 Å². The number of likely N-dealkylation sites (N-methyl/N-ethyl adjacent to an activating group) is 2. The van der Waals surface area contributed by atoms with E-state index >= 15 is 0 Å². The van der Waals surface area contributed by atoms with Gasteiger partial charge in [0.2, 0.25) is 0 Å². The molecule has 0 spiro atoms. The summed E-state index contributed by atoms with van der Waals surface area (Å²) in [6, 6.07) is 6.36. The second kappa shape index (κ2) is 7.24. The fourth-order valence-corrected chi connectivity index (χ4v) is 2.25. The summed E-state index contributed by atoms with van der Waals surface area (Å²) in [6.07, 6.45) is 0. The Kier molecular flexibility index (Phi) is 5.95. The van der Waals surface area contributed by atoms with Gasteiger partial charge in [-0.1, -0.05) is 13.0 Å². The van der Waals surface area contributed by atoms with Crippen LogP contribution in [0.1, 0.15) is 20.8 Å². The first-order chi connectivity index (χ1) is 9.46. The van der Waals surface area contributed by atoms with Gasteiger partial charge in [-0.3, -0.25) is 0 Å². The fraction of sp³-hybridized carbons (Fsp3) is 0.533. The molecular weight excluding hydrogens is 259 g/mol. The third-order valence-electron chi connectivity index (χ3n) is 3.27. The third-order valence-corrected chi connectivity index (χ3v) is 3.27. The Labute approximate surface area is 119 Å². The van der Waals surface area contributed by atoms with Gasteiger partial charge in [-0.2, -0.15) is 0 Å². The highest BCUT2D eigenvalue weighted by molar-refractivity contribution is 5.81. The predicted molar refractivity (Wildman–Crippen MR) is 78.4 cm³/mol. The monoisotopic (exact) mass is 282 g/mol. The molecular formula is C15H23FN2O2. The zero-order valence-electron chi connectivity index (χ0n) is 12.6. The number of halogens is 1. The van der Waals surface area contributed by atoms with Gasteiger partial charge >= 0.3 is 5.97 Å². The van der Waals surface area contributed by atoms with Crippen molar-refractivity contribution in [2.45, 2.75) is 26.3 Å². The van der Waals surface area contributed by atoms with E-state index in [1.807, 2.05) is 24.8 Å². The second-order valence-corrected chi connectivity index (χ2v) is 4.85. The zero-order chi connectivity index (χ0) is 15.2. The van der Waals surface area contributed by atoms with Crippen LogP contribution in [0.25, 0.3) is 0 Å². The number of methoxy groups -OCH3 is 1. The van der Waals surface area contributed by atoms with E-state index in [9.17, 15) is 9.18 Å². The Morgan fingerprint density at radius 1 is 1.45 bits per heavy atom. The minimum atomic E-state index is -0.828. The van der Waals surface area contributed by atoms with Gasteiger partial charge in [0.25, 0.3) is 0 Å². The summed E-state index contributed by atoms with van der Waals surface area (Å²) in [5.41, 5.74) is -0.0771. The molecule has 0 saturated heterocycles. The first kappa shape index (κ1) is 16.4. The van der Waals surface area contributed by atoms with E-state index in [2.05, 4.69) is 5.32 Å². The van der Waals surface area contributed by atoms with Crippen LogP contribution in [0.3, 0.4) is 0 Å². The largest absolute Gasteiger partial charge is 0.468 e. The number of nitrogens with zero attached hydrogens (tertiary/aromatic N) is 1. The van der Waals surface area contributed by atoms with Crippen molar-refractivity contribution in [1.29, 1.82) is 0 Å². The molecule has 0 heterocycles. The van der Waals surface area contributed by atoms with Gasteiger partial charge in [-0.05, 0) is 38.6 Å². The highest BCUT2D eigenvalue weighted by atomic mass is 19.1. The van der Waals surface area contributed by atoms with Gasteiger partial charge in [-0.25, -0.2) is 9.18 Å². The number of hydrogen-bond acceptors (Lipinski definition) is 4. The van der Waals surface area contributed by atoms with E-state index in [-0.39, 0.29) is 11.8 Å². The van der Waals surface area contributed by atoms with Crippen LogP contribution in [0.2, 0.25) is 0 Å². The Hall–Kier alpha value is -1.62. The molecule has 1 rings (SSSR count). The summed E-state index contributed by atoms with van der Waals surface area (Å²) in [4.78, 5) is 13.9. The minimum Gasteiger partial charge on any atom is -0.468 e. The lowest BCUT2D eigenvalue weighted by atomic mass is 10.0. The molecule has 0 fully saturated rings. The van der Waals surface area contributed by atoms with Gasteiger partial charge in [0.05, 0.1) is 7.11 Å². The van der Waals surface area contributed by atoms with Gasteiger partial charge in [0.15, 0.2) is 0 Å². The van der Waals surface area contributed by atoms with Gasteiger partial charge in [-0.15, -0.1) is 0 Å². The van der Waals surface area contributed by atoms with Crippen molar-refractivity contribution in [3.8, 4) is 0 Å². The maximum absolute atomic E-state index is 13.3. The average Bonchev–Trinajstić information content (AvgIpc) is 2.44. The summed E-state index contributed by atoms with van der Waals surface area (Å²) >= 11 is 0. The Bertz CT molecular complexity index is 453. The molecule has 1 unspecified atom stereocenters. The molecule has 112 valence electrons. The predicted octanol–water partition coefficient (Wildman–Crippen LogP) is 2.19. The lowest BCUT2D eigenvalue weighted by Crippen LogP contribution is -2.57. The average molecular weight is 282 g/mol. The SMILES string of the molecule is CCNC(C)(CN(CC)c1cccc(F)c1)C(=O)OC. The van der Waals surface area contributed by atoms with Crippen LogP contribution in [-0.4, -0.2) is 38.3 Å². The van der Waals surface area contributed by atoms with Crippen molar-refractivity contribution >= 4 is 11.7 Å². The Morgan fingerprint density at radius 3 is 2.65 bits per heavy atom. The number of carbonyl (C=O) groups is 1. The molecule has 1 N–H and O–H groups in total. The number of nitrogens with one attached hydrogen (secondary N) is 1. The number of rotatable bonds is 7. The van der Waals surface area contributed by atoms with Crippen LogP contribution >= 0.6 is 0 Å². The van der Waals surface area contributed by atoms with Gasteiger partial charge in [0.1, 0.15) is 11.4 Å². The summed E-state index contributed by atoms with van der Waals surface area (Å²) < 4.78 is 18.2. The minimum absolute atomic E-state index is 0.288. The first-order valence-corrected chi connectivity index (χ1v) is 6.80. The molecule has 0 aliphatic rings. The summed E-state index contributed by atoms with van der Waals surface area (Å²) in [5.74, 6) is -0.613. The van der Waals surface area contributed by atoms with Crippen molar-refractivity contribution in [3.63, 3.8) is 0 Å². The zero-order valence-corrected chi connectivity index (χ0v) is 12.6. The number of benzene rings is 1. The molecule has 1 atom stereocenters. The van der Waals surface area contributed by atoms with Crippen LogP contribution in [0.15, 0.2) is 24.3 Å². The van der Waals surface area contributed by atoms with Crippen molar-refractivity contribution in [2.24, 2.45) is 0 Å². The number of carbonyl (C=O) groups excluding carboxylic acids is 1. The highest BCUT2D eigenvalue weighted by Crippen LogP contribution is 2.19. The van der Waals surface area contributed by atoms with Crippen molar-refractivity contribution in [2.75, 3.05) is 31.6 Å². The van der Waals surface area contributed by atoms with Crippen molar-refractivity contribution in [1.82, 2.24) is 5.32 Å². The molecule has 1 aromatic rings. The van der Waals surface area contributed by atoms with Gasteiger partial charge in [0, 0.05) is 18.8 Å². The lowest BCUT2D eigenvalue weighted by Gasteiger charge is -2.34. The molecule has 4 nitrogen and oxygen atoms in total. The molecule has 0 amide bonds. The molecule has 0 aliphatic carbocycles. The van der Waals surface area contributed by atoms with Crippen LogP contribution in [0.5, 0.6) is 0 Å². The summed E-state index contributed by atoms with van der Waals surface area (Å²) in [6.45, 7) is 7.42. The quantitative estimate of drug-likeness (QED) is 0.778. The number of esters is 1. The maximum Gasteiger partial charge on any atom is 0.327 e. The third kappa shape index (κ3) is 3.93. The topological polar surface area (TPSA) is 41.6 Å². The van der Waals surface area contributed by atoms with Crippen LogP contribution in [-0.2, 0) is 9.53 Å². The van der Waals surface area contributed by atoms with Crippen LogP contribution in [0.4, 0.5) is 10.1 Å². The molecule has 0 radical (unpaired) electrons. The molecule has 0 bridgehead atoms. The van der Waals surface area contributed by atoms with Crippen molar-refractivity contribution in [3.05, 3.63) is 30.1 Å². The summed E-state index contributed by atoms with van der Waals surface area (Å²) in [5, 5.41) is 3.15. The van der Waals surface area contributed by atoms with E-state index in [4.69, 9.17) is 4.74 Å². The molecule has 0 aromatic heterocycles. The van der Waals surface area contributed by atoms with Crippen LogP contribution < -0.4 is 10.2 Å². The standard InChI is InChI=1S/C15H23FN2O2/c1-5-17-15(3,14(19)20-4)11-18(6-2)13-9-7-8-12(16)10-13/h7-10,17H,5-6,11H2,1-4H3. The summed E-state index contributed by atoms with van der Waals surface area (Å²) in [7, 11) is 1.37. The normalized spacial score (nSPS) is 13.7. The molecule has 1 aromatic carbocycles. The van der Waals surface area contributed by atoms with E-state index in [0.29, 0.717) is 19.6 Å². The molecule has 5 heteroatoms. The second-order valence-electron chi connectivity index (χ2n) is 4.85. The van der Waals surface area contributed by atoms with E-state index in [0.717, 1.165) is 5.69 Å². The fourth-order valence-electron chi connectivity index (χ4n) is 2.25. The number of hydrogen-bond donors (Lipinski definition) is 1. The Balaban J connectivity index is 2.97. The molecule has 20 heavy (non-hydrogen) atoms. The van der Waals surface area contributed by atoms with E-state index < -0.39 is 5.54 Å². The lowest BCUT2D eigenvalue weighted by molar-refractivity contribution is -0.147. The van der Waals surface area contributed by atoms with Crippen molar-refractivity contribution < 1.29 is 13.9 Å². The maximum atomic E-state index is 13.3. The molecule has 0 saturated carbocycles. The number of anilines is 1. The smallest absolute Gasteiger partial charge is 0.327 e. The molecule has 0 aliphatic heterocycles. The van der Waals surface area contributed by atoms with Gasteiger partial charge < -0.3 is 15.0 Å². The highest BCUT2D eigenvalue weighted by Gasteiger charge is 2.35. The van der Waals surface area contributed by atoms with E-state index in [1.165, 1.54) is 19.2 Å². The Morgan fingerprint density at radius 2 is 2.15 bits per heavy atom. The first-order valence-electron chi connectivity index (χ1n) is 6.80. The number of ether oxygens (including phenoxy) is 1. The van der Waals surface area contributed by atoms with Crippen LogP contribution in [0, 0.1) is 5.82 Å².